The van der Waals surface area contributed by atoms with Crippen LogP contribution in [0.4, 0.5) is 5.69 Å². The lowest BCUT2D eigenvalue weighted by Crippen LogP contribution is -2.53. The number of carbonyl (C=O) groups is 2. The standard InChI is InChI=1S/C26H35N5O3.2ClH/c32-25(33)11-17-30(14-8-22-4-2-1-3-5-22)31-15-9-23(10-16-31)26(34)29-20-18-28(19-21-29)24-6-12-27-13-7-24;;/h1-7,12-13,23H,8-11,14-21H2,(H,32,33);2*1H. The molecule has 2 aromatic rings. The van der Waals surface area contributed by atoms with Gasteiger partial charge in [0.1, 0.15) is 0 Å². The van der Waals surface area contributed by atoms with Crippen molar-refractivity contribution in [3.63, 3.8) is 0 Å². The summed E-state index contributed by atoms with van der Waals surface area (Å²) < 4.78 is 0. The summed E-state index contributed by atoms with van der Waals surface area (Å²) in [6.07, 6.45) is 6.24. The molecule has 2 aliphatic rings. The number of benzene rings is 1. The summed E-state index contributed by atoms with van der Waals surface area (Å²) in [4.78, 5) is 32.8. The number of hydrogen-bond acceptors (Lipinski definition) is 6. The average molecular weight is 539 g/mol. The number of anilines is 1. The first-order chi connectivity index (χ1) is 16.6. The van der Waals surface area contributed by atoms with Crippen LogP contribution in [0.3, 0.4) is 0 Å². The predicted molar refractivity (Wildman–Crippen MR) is 146 cm³/mol. The molecule has 8 nitrogen and oxygen atoms in total. The van der Waals surface area contributed by atoms with Gasteiger partial charge in [0.2, 0.25) is 5.91 Å². The number of halogens is 2. The van der Waals surface area contributed by atoms with Crippen LogP contribution in [0.1, 0.15) is 24.8 Å². The third-order valence-electron chi connectivity index (χ3n) is 6.93. The number of rotatable bonds is 9. The summed E-state index contributed by atoms with van der Waals surface area (Å²) in [6, 6.07) is 14.3. The number of carbonyl (C=O) groups excluding carboxylic acids is 1. The number of nitrogens with zero attached hydrogens (tertiary/aromatic N) is 5. The van der Waals surface area contributed by atoms with Gasteiger partial charge in [0, 0.05) is 76.4 Å². The molecule has 1 N–H and O–H groups in total. The predicted octanol–water partition coefficient (Wildman–Crippen LogP) is 3.22. The first-order valence-corrected chi connectivity index (χ1v) is 12.3. The molecule has 4 rings (SSSR count). The second-order valence-electron chi connectivity index (χ2n) is 9.08. The maximum atomic E-state index is 13.2. The summed E-state index contributed by atoms with van der Waals surface area (Å²) >= 11 is 0. The van der Waals surface area contributed by atoms with E-state index in [1.54, 1.807) is 12.4 Å². The molecule has 0 unspecified atom stereocenters. The van der Waals surface area contributed by atoms with Gasteiger partial charge in [-0.25, -0.2) is 10.0 Å². The van der Waals surface area contributed by atoms with E-state index >= 15 is 0 Å². The average Bonchev–Trinajstić information content (AvgIpc) is 2.89. The largest absolute Gasteiger partial charge is 0.481 e. The van der Waals surface area contributed by atoms with Crippen LogP contribution in [-0.2, 0) is 16.0 Å². The second kappa shape index (κ2) is 15.0. The molecule has 0 atom stereocenters. The Morgan fingerprint density at radius 1 is 0.889 bits per heavy atom. The molecule has 198 valence electrons. The normalized spacial score (nSPS) is 16.8. The number of piperazine rings is 1. The van der Waals surface area contributed by atoms with Crippen LogP contribution in [0.15, 0.2) is 54.9 Å². The molecule has 36 heavy (non-hydrogen) atoms. The van der Waals surface area contributed by atoms with E-state index in [0.29, 0.717) is 6.54 Å². The van der Waals surface area contributed by atoms with Gasteiger partial charge in [-0.05, 0) is 37.0 Å². The van der Waals surface area contributed by atoms with Crippen molar-refractivity contribution in [1.29, 1.82) is 0 Å². The van der Waals surface area contributed by atoms with Crippen LogP contribution >= 0.6 is 24.8 Å². The van der Waals surface area contributed by atoms with Crippen molar-refractivity contribution < 1.29 is 14.7 Å². The van der Waals surface area contributed by atoms with Crippen molar-refractivity contribution >= 4 is 42.4 Å². The minimum Gasteiger partial charge on any atom is -0.481 e. The van der Waals surface area contributed by atoms with Crippen LogP contribution in [0, 0.1) is 5.92 Å². The van der Waals surface area contributed by atoms with Crippen LogP contribution in [0.2, 0.25) is 0 Å². The van der Waals surface area contributed by atoms with Gasteiger partial charge in [0.15, 0.2) is 0 Å². The molecule has 0 spiro atoms. The highest BCUT2D eigenvalue weighted by atomic mass is 35.5. The van der Waals surface area contributed by atoms with Crippen molar-refractivity contribution in [1.82, 2.24) is 19.9 Å². The van der Waals surface area contributed by atoms with Crippen LogP contribution in [0.5, 0.6) is 0 Å². The van der Waals surface area contributed by atoms with Gasteiger partial charge in [0.05, 0.1) is 6.42 Å². The fourth-order valence-corrected chi connectivity index (χ4v) is 4.92. The molecule has 0 radical (unpaired) electrons. The first kappa shape index (κ1) is 29.8. The van der Waals surface area contributed by atoms with E-state index in [-0.39, 0.29) is 43.1 Å². The van der Waals surface area contributed by atoms with Gasteiger partial charge in [-0.2, -0.15) is 0 Å². The zero-order valence-electron chi connectivity index (χ0n) is 20.6. The molecule has 1 amide bonds. The number of aliphatic carboxylic acids is 1. The zero-order chi connectivity index (χ0) is 23.8. The van der Waals surface area contributed by atoms with Crippen molar-refractivity contribution in [3.05, 3.63) is 60.4 Å². The number of aromatic nitrogens is 1. The summed E-state index contributed by atoms with van der Waals surface area (Å²) in [6.45, 7) is 6.06. The van der Waals surface area contributed by atoms with Crippen molar-refractivity contribution in [2.24, 2.45) is 5.92 Å². The van der Waals surface area contributed by atoms with Gasteiger partial charge in [-0.3, -0.25) is 14.6 Å². The smallest absolute Gasteiger partial charge is 0.304 e. The molecule has 2 saturated heterocycles. The molecular weight excluding hydrogens is 501 g/mol. The number of pyridine rings is 1. The number of carboxylic acid groups (broad SMARTS) is 1. The van der Waals surface area contributed by atoms with E-state index in [1.807, 2.05) is 35.2 Å². The Hall–Kier alpha value is -2.39. The summed E-state index contributed by atoms with van der Waals surface area (Å²) in [5, 5.41) is 13.6. The van der Waals surface area contributed by atoms with Gasteiger partial charge in [-0.1, -0.05) is 30.3 Å². The maximum absolute atomic E-state index is 13.2. The molecule has 2 aliphatic heterocycles. The molecule has 0 saturated carbocycles. The van der Waals surface area contributed by atoms with E-state index in [9.17, 15) is 14.7 Å². The highest BCUT2D eigenvalue weighted by Gasteiger charge is 2.32. The van der Waals surface area contributed by atoms with Crippen molar-refractivity contribution in [2.75, 3.05) is 57.3 Å². The van der Waals surface area contributed by atoms with Crippen molar-refractivity contribution in [2.45, 2.75) is 25.7 Å². The van der Waals surface area contributed by atoms with E-state index in [2.05, 4.69) is 32.0 Å². The Bertz CT molecular complexity index is 922. The molecule has 0 bridgehead atoms. The van der Waals surface area contributed by atoms with Crippen LogP contribution in [0.25, 0.3) is 0 Å². The Kier molecular flexibility index (Phi) is 12.4. The minimum atomic E-state index is -0.777. The molecule has 1 aromatic heterocycles. The number of amides is 1. The van der Waals surface area contributed by atoms with E-state index in [1.165, 1.54) is 5.56 Å². The monoisotopic (exact) mass is 537 g/mol. The third-order valence-corrected chi connectivity index (χ3v) is 6.93. The lowest BCUT2D eigenvalue weighted by molar-refractivity contribution is -0.141. The first-order valence-electron chi connectivity index (χ1n) is 12.3. The van der Waals surface area contributed by atoms with E-state index < -0.39 is 5.97 Å². The Balaban J connectivity index is 0.00000228. The summed E-state index contributed by atoms with van der Waals surface area (Å²) in [5.41, 5.74) is 2.41. The highest BCUT2D eigenvalue weighted by Crippen LogP contribution is 2.23. The highest BCUT2D eigenvalue weighted by molar-refractivity contribution is 5.85. The van der Waals surface area contributed by atoms with E-state index in [4.69, 9.17) is 0 Å². The Labute approximate surface area is 226 Å². The van der Waals surface area contributed by atoms with Gasteiger partial charge >= 0.3 is 5.97 Å². The Morgan fingerprint density at radius 2 is 1.53 bits per heavy atom. The number of piperidine rings is 1. The van der Waals surface area contributed by atoms with Gasteiger partial charge < -0.3 is 14.9 Å². The molecule has 0 aliphatic carbocycles. The number of hydrogen-bond donors (Lipinski definition) is 1. The lowest BCUT2D eigenvalue weighted by atomic mass is 9.95. The molecule has 3 heterocycles. The van der Waals surface area contributed by atoms with Gasteiger partial charge in [0.25, 0.3) is 0 Å². The van der Waals surface area contributed by atoms with E-state index in [0.717, 1.165) is 70.8 Å². The third kappa shape index (κ3) is 8.34. The molecular formula is C26H37Cl2N5O3. The van der Waals surface area contributed by atoms with Gasteiger partial charge in [-0.15, -0.1) is 24.8 Å². The van der Waals surface area contributed by atoms with Crippen LogP contribution < -0.4 is 4.90 Å². The zero-order valence-corrected chi connectivity index (χ0v) is 22.2. The lowest BCUT2D eigenvalue weighted by Gasteiger charge is -2.42. The number of hydrazine groups is 1. The fraction of sp³-hybridized carbons (Fsp3) is 0.500. The van der Waals surface area contributed by atoms with Crippen molar-refractivity contribution in [3.8, 4) is 0 Å². The molecule has 1 aromatic carbocycles. The summed E-state index contributed by atoms with van der Waals surface area (Å²) in [7, 11) is 0. The Morgan fingerprint density at radius 3 is 2.14 bits per heavy atom. The summed E-state index contributed by atoms with van der Waals surface area (Å²) in [5.74, 6) is -0.449. The topological polar surface area (TPSA) is 80.2 Å². The SMILES string of the molecule is Cl.Cl.O=C(O)CCN(CCc1ccccc1)N1CCC(C(=O)N2CCN(c3ccncc3)CC2)CC1. The number of carboxylic acids is 1. The minimum absolute atomic E-state index is 0. The maximum Gasteiger partial charge on any atom is 0.304 e. The fourth-order valence-electron chi connectivity index (χ4n) is 4.92. The van der Waals surface area contributed by atoms with Crippen LogP contribution in [-0.4, -0.2) is 89.2 Å². The molecule has 10 heteroatoms. The second-order valence-corrected chi connectivity index (χ2v) is 9.08. The molecule has 2 fully saturated rings. The quantitative estimate of drug-likeness (QED) is 0.525.